The third kappa shape index (κ3) is 3.06. The summed E-state index contributed by atoms with van der Waals surface area (Å²) in [5, 5.41) is 0. The van der Waals surface area contributed by atoms with Crippen LogP contribution < -0.4 is 0 Å². The number of carbonyl (C=O) groups excluding carboxylic acids is 1. The SMILES string of the molecule is COC(=O)c1ccc(C(C)N2CCC(C(C)(C)C)C2)o1. The van der Waals surface area contributed by atoms with Crippen LogP contribution in [0.2, 0.25) is 0 Å². The average Bonchev–Trinajstić information content (AvgIpc) is 3.05. The number of hydrogen-bond acceptors (Lipinski definition) is 4. The molecule has 1 aromatic rings. The van der Waals surface area contributed by atoms with Crippen molar-refractivity contribution in [1.29, 1.82) is 0 Å². The highest BCUT2D eigenvalue weighted by Crippen LogP contribution is 2.37. The van der Waals surface area contributed by atoms with Crippen molar-refractivity contribution in [2.45, 2.75) is 40.2 Å². The van der Waals surface area contributed by atoms with Crippen LogP contribution in [0.1, 0.15) is 56.5 Å². The minimum atomic E-state index is -0.419. The number of hydrogen-bond donors (Lipinski definition) is 0. The van der Waals surface area contributed by atoms with E-state index in [1.54, 1.807) is 6.07 Å². The molecule has 0 radical (unpaired) electrons. The molecule has 2 atom stereocenters. The zero-order valence-corrected chi connectivity index (χ0v) is 13.1. The first-order valence-electron chi connectivity index (χ1n) is 7.25. The third-order valence-electron chi connectivity index (χ3n) is 4.42. The molecule has 0 aromatic carbocycles. The largest absolute Gasteiger partial charge is 0.463 e. The van der Waals surface area contributed by atoms with E-state index in [0.29, 0.717) is 11.3 Å². The van der Waals surface area contributed by atoms with E-state index in [1.165, 1.54) is 13.5 Å². The molecule has 1 fully saturated rings. The fraction of sp³-hybridized carbons (Fsp3) is 0.688. The van der Waals surface area contributed by atoms with E-state index in [-0.39, 0.29) is 11.8 Å². The summed E-state index contributed by atoms with van der Waals surface area (Å²) in [6.45, 7) is 11.2. The molecule has 1 saturated heterocycles. The zero-order chi connectivity index (χ0) is 14.9. The van der Waals surface area contributed by atoms with Gasteiger partial charge in [-0.15, -0.1) is 0 Å². The van der Waals surface area contributed by atoms with Crippen molar-refractivity contribution >= 4 is 5.97 Å². The molecule has 0 saturated carbocycles. The van der Waals surface area contributed by atoms with Crippen LogP contribution in [0.3, 0.4) is 0 Å². The highest BCUT2D eigenvalue weighted by Gasteiger charge is 2.34. The number of methoxy groups -OCH3 is 1. The van der Waals surface area contributed by atoms with Gasteiger partial charge >= 0.3 is 5.97 Å². The van der Waals surface area contributed by atoms with Crippen LogP contribution in [0, 0.1) is 11.3 Å². The van der Waals surface area contributed by atoms with Crippen LogP contribution in [0.4, 0.5) is 0 Å². The summed E-state index contributed by atoms with van der Waals surface area (Å²) in [5.74, 6) is 1.40. The molecule has 0 spiro atoms. The molecule has 0 bridgehead atoms. The second-order valence-electron chi connectivity index (χ2n) is 6.72. The number of rotatable bonds is 3. The van der Waals surface area contributed by atoms with E-state index in [1.807, 2.05) is 6.07 Å². The summed E-state index contributed by atoms with van der Waals surface area (Å²) in [4.78, 5) is 13.9. The van der Waals surface area contributed by atoms with Gasteiger partial charge in [0.25, 0.3) is 0 Å². The molecule has 0 aliphatic carbocycles. The smallest absolute Gasteiger partial charge is 0.373 e. The van der Waals surface area contributed by atoms with E-state index >= 15 is 0 Å². The van der Waals surface area contributed by atoms with Crippen LogP contribution in [0.5, 0.6) is 0 Å². The Kier molecular flexibility index (Phi) is 4.23. The maximum Gasteiger partial charge on any atom is 0.373 e. The monoisotopic (exact) mass is 279 g/mol. The molecule has 2 rings (SSSR count). The minimum Gasteiger partial charge on any atom is -0.463 e. The molecule has 20 heavy (non-hydrogen) atoms. The summed E-state index contributed by atoms with van der Waals surface area (Å²) in [6.07, 6.45) is 1.22. The fourth-order valence-electron chi connectivity index (χ4n) is 2.81. The van der Waals surface area contributed by atoms with Crippen LogP contribution >= 0.6 is 0 Å². The van der Waals surface area contributed by atoms with Gasteiger partial charge in [-0.25, -0.2) is 4.79 Å². The van der Waals surface area contributed by atoms with Gasteiger partial charge in [-0.05, 0) is 43.4 Å². The van der Waals surface area contributed by atoms with Gasteiger partial charge in [-0.3, -0.25) is 4.90 Å². The predicted molar refractivity (Wildman–Crippen MR) is 77.6 cm³/mol. The standard InChI is InChI=1S/C16H25NO3/c1-11(13-6-7-14(20-13)15(18)19-5)17-9-8-12(10-17)16(2,3)4/h6-7,11-12H,8-10H2,1-5H3. The molecule has 1 aromatic heterocycles. The number of furan rings is 1. The summed E-state index contributed by atoms with van der Waals surface area (Å²) < 4.78 is 10.3. The molecule has 112 valence electrons. The van der Waals surface area contributed by atoms with Gasteiger partial charge in [0.15, 0.2) is 0 Å². The first kappa shape index (κ1) is 15.1. The van der Waals surface area contributed by atoms with Gasteiger partial charge in [0.05, 0.1) is 13.2 Å². The van der Waals surface area contributed by atoms with Crippen LogP contribution in [0.15, 0.2) is 16.5 Å². The maximum absolute atomic E-state index is 11.4. The Bertz CT molecular complexity index is 472. The summed E-state index contributed by atoms with van der Waals surface area (Å²) in [6, 6.07) is 3.76. The Morgan fingerprint density at radius 2 is 2.15 bits per heavy atom. The first-order chi connectivity index (χ1) is 9.32. The molecule has 0 amide bonds. The third-order valence-corrected chi connectivity index (χ3v) is 4.42. The summed E-state index contributed by atoms with van der Waals surface area (Å²) >= 11 is 0. The second kappa shape index (κ2) is 5.60. The van der Waals surface area contributed by atoms with Crippen molar-refractivity contribution in [2.75, 3.05) is 20.2 Å². The Morgan fingerprint density at radius 1 is 1.45 bits per heavy atom. The Balaban J connectivity index is 2.04. The minimum absolute atomic E-state index is 0.195. The van der Waals surface area contributed by atoms with Gasteiger partial charge < -0.3 is 9.15 Å². The highest BCUT2D eigenvalue weighted by molar-refractivity contribution is 5.86. The lowest BCUT2D eigenvalue weighted by atomic mass is 9.80. The Morgan fingerprint density at radius 3 is 2.70 bits per heavy atom. The topological polar surface area (TPSA) is 42.7 Å². The van der Waals surface area contributed by atoms with Crippen LogP contribution in [-0.2, 0) is 4.74 Å². The second-order valence-corrected chi connectivity index (χ2v) is 6.72. The van der Waals surface area contributed by atoms with Crippen molar-refractivity contribution in [2.24, 2.45) is 11.3 Å². The molecular formula is C16H25NO3. The predicted octanol–water partition coefficient (Wildman–Crippen LogP) is 3.50. The van der Waals surface area contributed by atoms with Gasteiger partial charge in [-0.2, -0.15) is 0 Å². The normalized spacial score (nSPS) is 21.9. The Hall–Kier alpha value is -1.29. The lowest BCUT2D eigenvalue weighted by Gasteiger charge is -2.28. The van der Waals surface area contributed by atoms with Crippen molar-refractivity contribution in [3.63, 3.8) is 0 Å². The number of nitrogens with zero attached hydrogens (tertiary/aromatic N) is 1. The quantitative estimate of drug-likeness (QED) is 0.794. The highest BCUT2D eigenvalue weighted by atomic mass is 16.5. The number of esters is 1. The molecule has 4 heteroatoms. The van der Waals surface area contributed by atoms with Crippen LogP contribution in [0.25, 0.3) is 0 Å². The molecular weight excluding hydrogens is 254 g/mol. The lowest BCUT2D eigenvalue weighted by molar-refractivity contribution is 0.0559. The van der Waals surface area contributed by atoms with Gasteiger partial charge in [-0.1, -0.05) is 20.8 Å². The molecule has 1 aliphatic heterocycles. The number of likely N-dealkylation sites (tertiary alicyclic amines) is 1. The van der Waals surface area contributed by atoms with Crippen LogP contribution in [-0.4, -0.2) is 31.1 Å². The summed E-state index contributed by atoms with van der Waals surface area (Å²) in [5.41, 5.74) is 0.342. The van der Waals surface area contributed by atoms with Crippen molar-refractivity contribution in [1.82, 2.24) is 4.90 Å². The average molecular weight is 279 g/mol. The van der Waals surface area contributed by atoms with Gasteiger partial charge in [0.2, 0.25) is 5.76 Å². The summed E-state index contributed by atoms with van der Waals surface area (Å²) in [7, 11) is 1.36. The van der Waals surface area contributed by atoms with Gasteiger partial charge in [0, 0.05) is 6.54 Å². The Labute approximate surface area is 121 Å². The van der Waals surface area contributed by atoms with E-state index in [4.69, 9.17) is 4.42 Å². The van der Waals surface area contributed by atoms with E-state index in [2.05, 4.69) is 37.3 Å². The molecule has 0 N–H and O–H groups in total. The zero-order valence-electron chi connectivity index (χ0n) is 13.1. The van der Waals surface area contributed by atoms with Crippen molar-refractivity contribution < 1.29 is 13.9 Å². The number of carbonyl (C=O) groups is 1. The van der Waals surface area contributed by atoms with E-state index in [0.717, 1.165) is 18.8 Å². The van der Waals surface area contributed by atoms with E-state index in [9.17, 15) is 4.79 Å². The van der Waals surface area contributed by atoms with Gasteiger partial charge in [0.1, 0.15) is 5.76 Å². The fourth-order valence-corrected chi connectivity index (χ4v) is 2.81. The number of ether oxygens (including phenoxy) is 1. The van der Waals surface area contributed by atoms with Crippen molar-refractivity contribution in [3.8, 4) is 0 Å². The molecule has 2 unspecified atom stereocenters. The molecule has 1 aliphatic rings. The molecule has 2 heterocycles. The molecule has 4 nitrogen and oxygen atoms in total. The van der Waals surface area contributed by atoms with E-state index < -0.39 is 5.97 Å². The van der Waals surface area contributed by atoms with Crippen molar-refractivity contribution in [3.05, 3.63) is 23.7 Å². The first-order valence-corrected chi connectivity index (χ1v) is 7.25. The lowest BCUT2D eigenvalue weighted by Crippen LogP contribution is -2.28. The maximum atomic E-state index is 11.4.